The van der Waals surface area contributed by atoms with Gasteiger partial charge in [-0.3, -0.25) is 0 Å². The first-order chi connectivity index (χ1) is 23.6. The summed E-state index contributed by atoms with van der Waals surface area (Å²) in [6.45, 7) is -0.200. The summed E-state index contributed by atoms with van der Waals surface area (Å²) < 4.78 is 0. The third kappa shape index (κ3) is 16.9. The zero-order chi connectivity index (χ0) is 35.1. The third-order valence-corrected chi connectivity index (χ3v) is 12.8. The normalized spacial score (nSPS) is 22.9. The van der Waals surface area contributed by atoms with Crippen molar-refractivity contribution >= 4 is 0 Å². The first-order valence-corrected chi connectivity index (χ1v) is 21.2. The second kappa shape index (κ2) is 30.4. The average Bonchev–Trinajstić information content (AvgIpc) is 3.07. The summed E-state index contributed by atoms with van der Waals surface area (Å²) in [6.07, 6.45) is 36.7. The first-order valence-electron chi connectivity index (χ1n) is 21.2. The molecule has 0 saturated heterocycles. The highest BCUT2D eigenvalue weighted by molar-refractivity contribution is 5.08. The summed E-state index contributed by atoms with van der Waals surface area (Å²) >= 11 is 0. The van der Waals surface area contributed by atoms with Gasteiger partial charge in [0.25, 0.3) is 0 Å². The summed E-state index contributed by atoms with van der Waals surface area (Å²) in [7, 11) is 0. The minimum Gasteiger partial charge on any atom is -0.396 e. The van der Waals surface area contributed by atoms with Gasteiger partial charge in [-0.1, -0.05) is 161 Å². The summed E-state index contributed by atoms with van der Waals surface area (Å²) in [5.74, 6) is 0. The monoisotopic (exact) mass is 685 g/mol. The molecule has 0 aliphatic heterocycles. The van der Waals surface area contributed by atoms with Crippen LogP contribution in [0.2, 0.25) is 0 Å². The number of hydrogen-bond donors (Lipinski definition) is 6. The molecule has 0 heterocycles. The van der Waals surface area contributed by atoms with Gasteiger partial charge in [0.05, 0.1) is 0 Å². The SMILES string of the molecule is OCCC1(CCO)CCCCCCCCCCCCCCCCCCCCCCCCCCCC(CCO)(CCO)C1(CCO)CCO. The Morgan fingerprint density at radius 1 is 0.229 bits per heavy atom. The van der Waals surface area contributed by atoms with Crippen LogP contribution in [0.5, 0.6) is 0 Å². The van der Waals surface area contributed by atoms with E-state index in [0.29, 0.717) is 38.5 Å². The molecule has 6 heteroatoms. The Labute approximate surface area is 297 Å². The lowest BCUT2D eigenvalue weighted by Crippen LogP contribution is -2.56. The molecule has 0 radical (unpaired) electrons. The molecule has 0 aromatic carbocycles. The minimum absolute atomic E-state index is 0.0209. The van der Waals surface area contributed by atoms with Crippen molar-refractivity contribution in [1.82, 2.24) is 0 Å². The van der Waals surface area contributed by atoms with Crippen molar-refractivity contribution in [2.45, 2.75) is 212 Å². The van der Waals surface area contributed by atoms with E-state index in [0.717, 1.165) is 38.5 Å². The maximum absolute atomic E-state index is 10.6. The van der Waals surface area contributed by atoms with E-state index in [2.05, 4.69) is 0 Å². The lowest BCUT2D eigenvalue weighted by molar-refractivity contribution is -0.159. The van der Waals surface area contributed by atoms with E-state index in [1.54, 1.807) is 0 Å². The molecule has 0 atom stereocenters. The van der Waals surface area contributed by atoms with Gasteiger partial charge in [-0.2, -0.15) is 0 Å². The molecular formula is C42H84O6. The van der Waals surface area contributed by atoms with Crippen LogP contribution >= 0.6 is 0 Å². The standard InChI is InChI=1S/C42H84O6/c43-34-28-40(29-35-44)26-24-22-20-18-16-14-12-10-8-6-4-2-1-3-5-7-9-11-13-15-17-19-21-23-25-27-41(30-36-45,31-37-46)42(40,32-38-47)33-39-48/h43-48H,1-39H2. The Kier molecular flexibility index (Phi) is 29.0. The highest BCUT2D eigenvalue weighted by atomic mass is 16.3. The van der Waals surface area contributed by atoms with Crippen molar-refractivity contribution in [2.75, 3.05) is 39.6 Å². The van der Waals surface area contributed by atoms with E-state index in [9.17, 15) is 30.6 Å². The van der Waals surface area contributed by atoms with Gasteiger partial charge in [0.1, 0.15) is 0 Å². The lowest BCUT2D eigenvalue weighted by Gasteiger charge is -2.62. The number of rotatable bonds is 12. The lowest BCUT2D eigenvalue weighted by atomic mass is 9.42. The van der Waals surface area contributed by atoms with E-state index >= 15 is 0 Å². The van der Waals surface area contributed by atoms with Crippen LogP contribution < -0.4 is 0 Å². The number of hydrogen-bond acceptors (Lipinski definition) is 6. The quantitative estimate of drug-likeness (QED) is 0.122. The molecule has 0 amide bonds. The summed E-state index contributed by atoms with van der Waals surface area (Å²) in [5.41, 5.74) is -1.64. The number of aliphatic hydroxyl groups excluding tert-OH is 6. The summed E-state index contributed by atoms with van der Waals surface area (Å²) in [5, 5.41) is 63.3. The Hall–Kier alpha value is -0.240. The van der Waals surface area contributed by atoms with Crippen molar-refractivity contribution in [3.05, 3.63) is 0 Å². The van der Waals surface area contributed by atoms with E-state index < -0.39 is 16.2 Å². The highest BCUT2D eigenvalue weighted by Gasteiger charge is 2.59. The number of aliphatic hydroxyl groups is 6. The van der Waals surface area contributed by atoms with Gasteiger partial charge in [0, 0.05) is 39.6 Å². The van der Waals surface area contributed by atoms with Crippen molar-refractivity contribution < 1.29 is 30.6 Å². The maximum Gasteiger partial charge on any atom is 0.0436 e. The largest absolute Gasteiger partial charge is 0.396 e. The molecule has 288 valence electrons. The molecular weight excluding hydrogens is 600 g/mol. The molecule has 0 aromatic heterocycles. The van der Waals surface area contributed by atoms with Gasteiger partial charge < -0.3 is 30.6 Å². The van der Waals surface area contributed by atoms with Gasteiger partial charge >= 0.3 is 0 Å². The fourth-order valence-corrected chi connectivity index (χ4v) is 10.2. The average molecular weight is 685 g/mol. The molecule has 0 spiro atoms. The van der Waals surface area contributed by atoms with Gasteiger partial charge in [-0.05, 0) is 67.6 Å². The Morgan fingerprint density at radius 2 is 0.396 bits per heavy atom. The molecule has 0 aromatic rings. The predicted octanol–water partition coefficient (Wildman–Crippen LogP) is 9.79. The minimum atomic E-state index is -0.624. The van der Waals surface area contributed by atoms with Crippen LogP contribution in [0.3, 0.4) is 0 Å². The van der Waals surface area contributed by atoms with Gasteiger partial charge in [0.15, 0.2) is 0 Å². The second-order valence-electron chi connectivity index (χ2n) is 15.8. The van der Waals surface area contributed by atoms with E-state index in [4.69, 9.17) is 0 Å². The smallest absolute Gasteiger partial charge is 0.0436 e. The van der Waals surface area contributed by atoms with Crippen LogP contribution in [-0.4, -0.2) is 70.3 Å². The van der Waals surface area contributed by atoms with Gasteiger partial charge in [-0.15, -0.1) is 0 Å². The van der Waals surface area contributed by atoms with E-state index in [1.165, 1.54) is 135 Å². The Bertz CT molecular complexity index is 617. The molecule has 1 aliphatic rings. The van der Waals surface area contributed by atoms with Crippen molar-refractivity contribution in [3.8, 4) is 0 Å². The summed E-state index contributed by atoms with van der Waals surface area (Å²) in [4.78, 5) is 0. The van der Waals surface area contributed by atoms with Crippen LogP contribution in [0.15, 0.2) is 0 Å². The molecule has 48 heavy (non-hydrogen) atoms. The van der Waals surface area contributed by atoms with E-state index in [-0.39, 0.29) is 39.6 Å². The molecule has 6 nitrogen and oxygen atoms in total. The molecule has 0 bridgehead atoms. The molecule has 1 aliphatic carbocycles. The van der Waals surface area contributed by atoms with Crippen molar-refractivity contribution in [3.63, 3.8) is 0 Å². The third-order valence-electron chi connectivity index (χ3n) is 12.8. The van der Waals surface area contributed by atoms with Crippen LogP contribution in [0.4, 0.5) is 0 Å². The van der Waals surface area contributed by atoms with E-state index in [1.807, 2.05) is 0 Å². The van der Waals surface area contributed by atoms with Crippen molar-refractivity contribution in [2.24, 2.45) is 16.2 Å². The molecule has 1 fully saturated rings. The second-order valence-corrected chi connectivity index (χ2v) is 15.8. The molecule has 0 unspecified atom stereocenters. The maximum atomic E-state index is 10.6. The molecule has 1 rings (SSSR count). The Morgan fingerprint density at radius 3 is 0.562 bits per heavy atom. The predicted molar refractivity (Wildman–Crippen MR) is 202 cm³/mol. The summed E-state index contributed by atoms with van der Waals surface area (Å²) in [6, 6.07) is 0. The van der Waals surface area contributed by atoms with Gasteiger partial charge in [-0.25, -0.2) is 0 Å². The van der Waals surface area contributed by atoms with Crippen LogP contribution in [0, 0.1) is 16.2 Å². The topological polar surface area (TPSA) is 121 Å². The van der Waals surface area contributed by atoms with Crippen LogP contribution in [0.25, 0.3) is 0 Å². The zero-order valence-corrected chi connectivity index (χ0v) is 31.8. The zero-order valence-electron chi connectivity index (χ0n) is 31.8. The Balaban J connectivity index is 3.17. The highest BCUT2D eigenvalue weighted by Crippen LogP contribution is 2.65. The molecule has 6 N–H and O–H groups in total. The fraction of sp³-hybridized carbons (Fsp3) is 1.00. The fourth-order valence-electron chi connectivity index (χ4n) is 10.2. The molecule has 1 saturated carbocycles. The van der Waals surface area contributed by atoms with Crippen molar-refractivity contribution in [1.29, 1.82) is 0 Å². The first kappa shape index (κ1) is 45.8. The van der Waals surface area contributed by atoms with Crippen LogP contribution in [-0.2, 0) is 0 Å². The van der Waals surface area contributed by atoms with Gasteiger partial charge in [0.2, 0.25) is 0 Å². The van der Waals surface area contributed by atoms with Crippen LogP contribution in [0.1, 0.15) is 212 Å².